The third-order valence-electron chi connectivity index (χ3n) is 4.86. The Morgan fingerprint density at radius 1 is 0.800 bits per heavy atom. The van der Waals surface area contributed by atoms with Crippen molar-refractivity contribution in [1.29, 1.82) is 0 Å². The smallest absolute Gasteiger partial charge is 0.416 e. The minimum atomic E-state index is -4.39. The van der Waals surface area contributed by atoms with Crippen molar-refractivity contribution in [3.8, 4) is 11.5 Å². The van der Waals surface area contributed by atoms with Crippen LogP contribution in [0.15, 0.2) is 42.5 Å². The Kier molecular flexibility index (Phi) is 7.49. The van der Waals surface area contributed by atoms with E-state index in [1.165, 1.54) is 18.2 Å². The van der Waals surface area contributed by atoms with Gasteiger partial charge in [0, 0.05) is 45.3 Å². The SMILES string of the molecule is Fc1ccc(OCCN2CCN(CCOc3cccc(C(F)(F)F)c3)CC2)c(F)c1. The number of hydrogen-bond donors (Lipinski definition) is 0. The molecule has 0 atom stereocenters. The molecular weight excluding hydrogens is 407 g/mol. The predicted octanol–water partition coefficient (Wildman–Crippen LogP) is 4.06. The molecule has 0 saturated carbocycles. The van der Waals surface area contributed by atoms with Gasteiger partial charge in [-0.05, 0) is 30.3 Å². The topological polar surface area (TPSA) is 24.9 Å². The van der Waals surface area contributed by atoms with Gasteiger partial charge >= 0.3 is 6.18 Å². The van der Waals surface area contributed by atoms with Crippen molar-refractivity contribution in [3.05, 3.63) is 59.7 Å². The minimum absolute atomic E-state index is 0.0294. The van der Waals surface area contributed by atoms with Gasteiger partial charge in [0.15, 0.2) is 11.6 Å². The van der Waals surface area contributed by atoms with E-state index in [0.29, 0.717) is 26.3 Å². The van der Waals surface area contributed by atoms with Crippen LogP contribution in [0.3, 0.4) is 0 Å². The Balaban J connectivity index is 1.33. The molecule has 1 aliphatic heterocycles. The molecule has 3 rings (SSSR count). The molecule has 1 fully saturated rings. The van der Waals surface area contributed by atoms with Crippen LogP contribution in [-0.4, -0.2) is 62.3 Å². The van der Waals surface area contributed by atoms with E-state index in [2.05, 4.69) is 9.80 Å². The Bertz CT molecular complexity index is 823. The van der Waals surface area contributed by atoms with E-state index in [-0.39, 0.29) is 11.5 Å². The molecule has 0 amide bonds. The number of hydrogen-bond acceptors (Lipinski definition) is 4. The molecule has 1 aliphatic rings. The molecule has 4 nitrogen and oxygen atoms in total. The molecule has 2 aromatic carbocycles. The van der Waals surface area contributed by atoms with Crippen LogP contribution in [0.1, 0.15) is 5.56 Å². The second kappa shape index (κ2) is 10.1. The van der Waals surface area contributed by atoms with E-state index in [1.807, 2.05) is 0 Å². The van der Waals surface area contributed by atoms with Gasteiger partial charge in [-0.2, -0.15) is 13.2 Å². The average molecular weight is 430 g/mol. The summed E-state index contributed by atoms with van der Waals surface area (Å²) in [4.78, 5) is 4.34. The first-order valence-electron chi connectivity index (χ1n) is 9.64. The lowest BCUT2D eigenvalue weighted by Crippen LogP contribution is -2.48. The average Bonchev–Trinajstić information content (AvgIpc) is 2.70. The van der Waals surface area contributed by atoms with Gasteiger partial charge in [0.2, 0.25) is 0 Å². The number of nitrogens with zero attached hydrogens (tertiary/aromatic N) is 2. The maximum absolute atomic E-state index is 13.5. The molecule has 0 spiro atoms. The third-order valence-corrected chi connectivity index (χ3v) is 4.86. The van der Waals surface area contributed by atoms with Crippen LogP contribution in [0.2, 0.25) is 0 Å². The Morgan fingerprint density at radius 2 is 1.43 bits per heavy atom. The predicted molar refractivity (Wildman–Crippen MR) is 102 cm³/mol. The number of piperazine rings is 1. The summed E-state index contributed by atoms with van der Waals surface area (Å²) in [7, 11) is 0. The molecule has 0 aliphatic carbocycles. The molecule has 1 saturated heterocycles. The summed E-state index contributed by atoms with van der Waals surface area (Å²) in [6, 6.07) is 8.07. The van der Waals surface area contributed by atoms with Crippen molar-refractivity contribution in [2.45, 2.75) is 6.18 Å². The number of alkyl halides is 3. The second-order valence-electron chi connectivity index (χ2n) is 6.98. The zero-order valence-electron chi connectivity index (χ0n) is 16.3. The van der Waals surface area contributed by atoms with Crippen LogP contribution < -0.4 is 9.47 Å². The molecular formula is C21H23F5N2O2. The molecule has 30 heavy (non-hydrogen) atoms. The van der Waals surface area contributed by atoms with Gasteiger partial charge in [0.25, 0.3) is 0 Å². The molecule has 9 heteroatoms. The van der Waals surface area contributed by atoms with Crippen LogP contribution in [-0.2, 0) is 6.18 Å². The number of ether oxygens (including phenoxy) is 2. The molecule has 0 bridgehead atoms. The highest BCUT2D eigenvalue weighted by Crippen LogP contribution is 2.31. The van der Waals surface area contributed by atoms with Crippen LogP contribution >= 0.6 is 0 Å². The van der Waals surface area contributed by atoms with E-state index >= 15 is 0 Å². The van der Waals surface area contributed by atoms with Crippen LogP contribution in [0.25, 0.3) is 0 Å². The lowest BCUT2D eigenvalue weighted by Gasteiger charge is -2.34. The fourth-order valence-electron chi connectivity index (χ4n) is 3.17. The fourth-order valence-corrected chi connectivity index (χ4v) is 3.17. The van der Waals surface area contributed by atoms with Gasteiger partial charge in [-0.15, -0.1) is 0 Å². The van der Waals surface area contributed by atoms with Gasteiger partial charge in [-0.1, -0.05) is 6.07 Å². The Hall–Kier alpha value is -2.39. The van der Waals surface area contributed by atoms with Crippen LogP contribution in [0.4, 0.5) is 22.0 Å². The molecule has 0 unspecified atom stereocenters. The summed E-state index contributed by atoms with van der Waals surface area (Å²) >= 11 is 0. The molecule has 0 N–H and O–H groups in total. The lowest BCUT2D eigenvalue weighted by atomic mass is 10.2. The number of benzene rings is 2. The van der Waals surface area contributed by atoms with Crippen molar-refractivity contribution in [1.82, 2.24) is 9.80 Å². The number of halogens is 5. The molecule has 164 valence electrons. The summed E-state index contributed by atoms with van der Waals surface area (Å²) in [5, 5.41) is 0. The summed E-state index contributed by atoms with van der Waals surface area (Å²) < 4.78 is 75.4. The molecule has 2 aromatic rings. The Labute approximate surface area is 171 Å². The van der Waals surface area contributed by atoms with Gasteiger partial charge in [-0.25, -0.2) is 8.78 Å². The highest BCUT2D eigenvalue weighted by atomic mass is 19.4. The first-order valence-corrected chi connectivity index (χ1v) is 9.64. The lowest BCUT2D eigenvalue weighted by molar-refractivity contribution is -0.137. The summed E-state index contributed by atoms with van der Waals surface area (Å²) in [6.07, 6.45) is -4.39. The van der Waals surface area contributed by atoms with Crippen molar-refractivity contribution in [2.75, 3.05) is 52.5 Å². The van der Waals surface area contributed by atoms with E-state index < -0.39 is 23.4 Å². The number of rotatable bonds is 8. The highest BCUT2D eigenvalue weighted by molar-refractivity contribution is 5.30. The standard InChI is InChI=1S/C21H23F5N2O2/c22-17-4-5-20(19(23)15-17)30-13-11-28-8-6-27(7-9-28)10-12-29-18-3-1-2-16(14-18)21(24,25)26/h1-5,14-15H,6-13H2. The van der Waals surface area contributed by atoms with Crippen LogP contribution in [0, 0.1) is 11.6 Å². The first-order chi connectivity index (χ1) is 14.3. The zero-order valence-corrected chi connectivity index (χ0v) is 16.3. The van der Waals surface area contributed by atoms with E-state index in [9.17, 15) is 22.0 Å². The highest BCUT2D eigenvalue weighted by Gasteiger charge is 2.30. The normalized spacial score (nSPS) is 15.9. The van der Waals surface area contributed by atoms with E-state index in [4.69, 9.17) is 9.47 Å². The van der Waals surface area contributed by atoms with Crippen molar-refractivity contribution < 1.29 is 31.4 Å². The van der Waals surface area contributed by atoms with Gasteiger partial charge < -0.3 is 9.47 Å². The summed E-state index contributed by atoms with van der Waals surface area (Å²) in [6.45, 7) is 4.98. The van der Waals surface area contributed by atoms with E-state index in [0.717, 1.165) is 50.4 Å². The van der Waals surface area contributed by atoms with Crippen molar-refractivity contribution in [3.63, 3.8) is 0 Å². The quantitative estimate of drug-likeness (QED) is 0.590. The van der Waals surface area contributed by atoms with Gasteiger partial charge in [0.05, 0.1) is 5.56 Å². The fraction of sp³-hybridized carbons (Fsp3) is 0.429. The first kappa shape index (κ1) is 22.3. The molecule has 0 radical (unpaired) electrons. The molecule has 1 heterocycles. The minimum Gasteiger partial charge on any atom is -0.492 e. The largest absolute Gasteiger partial charge is 0.492 e. The monoisotopic (exact) mass is 430 g/mol. The third kappa shape index (κ3) is 6.56. The maximum Gasteiger partial charge on any atom is 0.416 e. The van der Waals surface area contributed by atoms with Crippen molar-refractivity contribution >= 4 is 0 Å². The van der Waals surface area contributed by atoms with Crippen LogP contribution in [0.5, 0.6) is 11.5 Å². The Morgan fingerprint density at radius 3 is 2.03 bits per heavy atom. The van der Waals surface area contributed by atoms with Crippen molar-refractivity contribution in [2.24, 2.45) is 0 Å². The summed E-state index contributed by atoms with van der Waals surface area (Å²) in [5.74, 6) is -1.14. The second-order valence-corrected chi connectivity index (χ2v) is 6.98. The molecule has 0 aromatic heterocycles. The summed E-state index contributed by atoms with van der Waals surface area (Å²) in [5.41, 5.74) is -0.726. The maximum atomic E-state index is 13.5. The van der Waals surface area contributed by atoms with E-state index in [1.54, 1.807) is 0 Å². The van der Waals surface area contributed by atoms with Gasteiger partial charge in [0.1, 0.15) is 24.8 Å². The van der Waals surface area contributed by atoms with Gasteiger partial charge in [-0.3, -0.25) is 9.80 Å². The zero-order chi connectivity index (χ0) is 21.6.